The number of benzene rings is 1. The number of aliphatic carboxylic acids is 1. The van der Waals surface area contributed by atoms with Crippen molar-refractivity contribution in [3.05, 3.63) is 29.8 Å². The molecule has 1 heterocycles. The fourth-order valence-corrected chi connectivity index (χ4v) is 11.7. The molecule has 4 nitrogen and oxygen atoms in total. The van der Waals surface area contributed by atoms with E-state index in [1.165, 1.54) is 74.9 Å². The molecule has 4 unspecified atom stereocenters. The van der Waals surface area contributed by atoms with Gasteiger partial charge in [0.15, 0.2) is 0 Å². The van der Waals surface area contributed by atoms with Crippen LogP contribution in [0.1, 0.15) is 82.6 Å². The molecule has 8 aliphatic carbocycles. The SMILES string of the molecule is O=C(O)C12CC3CC(C1)CC(C14CC5CC(CC(C6=NCc7ccccc7N6)(C5)C1)C4)(C3)C2. The molecule has 9 aliphatic rings. The zero-order chi connectivity index (χ0) is 22.1. The minimum Gasteiger partial charge on any atom is -0.481 e. The normalized spacial score (nSPS) is 50.6. The van der Waals surface area contributed by atoms with Crippen molar-refractivity contribution < 1.29 is 9.90 Å². The molecule has 1 aromatic rings. The van der Waals surface area contributed by atoms with Gasteiger partial charge >= 0.3 is 5.97 Å². The molecule has 1 aliphatic heterocycles. The summed E-state index contributed by atoms with van der Waals surface area (Å²) in [5.41, 5.74) is 2.96. The molecule has 174 valence electrons. The van der Waals surface area contributed by atoms with Crippen LogP contribution >= 0.6 is 0 Å². The van der Waals surface area contributed by atoms with Gasteiger partial charge in [-0.1, -0.05) is 18.2 Å². The fraction of sp³-hybridized carbons (Fsp3) is 0.724. The van der Waals surface area contributed by atoms with Crippen molar-refractivity contribution in [1.29, 1.82) is 0 Å². The summed E-state index contributed by atoms with van der Waals surface area (Å²) in [7, 11) is 0. The molecule has 0 spiro atoms. The van der Waals surface area contributed by atoms with Gasteiger partial charge in [-0.05, 0) is 123 Å². The maximum atomic E-state index is 12.6. The Kier molecular flexibility index (Phi) is 3.56. The molecule has 4 heteroatoms. The van der Waals surface area contributed by atoms with Gasteiger partial charge in [0.25, 0.3) is 0 Å². The predicted octanol–water partition coefficient (Wildman–Crippen LogP) is 6.27. The van der Waals surface area contributed by atoms with Gasteiger partial charge in [0.1, 0.15) is 5.84 Å². The largest absolute Gasteiger partial charge is 0.481 e. The average Bonchev–Trinajstić information content (AvgIpc) is 2.77. The number of rotatable bonds is 3. The maximum absolute atomic E-state index is 12.6. The number of nitrogens with one attached hydrogen (secondary N) is 1. The van der Waals surface area contributed by atoms with Crippen molar-refractivity contribution in [3.63, 3.8) is 0 Å². The summed E-state index contributed by atoms with van der Waals surface area (Å²) in [4.78, 5) is 17.8. The van der Waals surface area contributed by atoms with Crippen LogP contribution in [0.4, 0.5) is 5.69 Å². The highest BCUT2D eigenvalue weighted by atomic mass is 16.4. The van der Waals surface area contributed by atoms with Gasteiger partial charge in [-0.2, -0.15) is 0 Å². The van der Waals surface area contributed by atoms with Crippen molar-refractivity contribution in [2.75, 3.05) is 5.32 Å². The van der Waals surface area contributed by atoms with Gasteiger partial charge in [-0.25, -0.2) is 0 Å². The molecule has 0 radical (unpaired) electrons. The molecular formula is C29H36N2O2. The lowest BCUT2D eigenvalue weighted by atomic mass is 9.31. The van der Waals surface area contributed by atoms with Crippen LogP contribution in [0, 0.1) is 45.3 Å². The summed E-state index contributed by atoms with van der Waals surface area (Å²) in [5, 5.41) is 14.2. The Morgan fingerprint density at radius 2 is 1.45 bits per heavy atom. The quantitative estimate of drug-likeness (QED) is 0.578. The minimum absolute atomic E-state index is 0.192. The first-order chi connectivity index (χ1) is 15.9. The molecule has 8 fully saturated rings. The van der Waals surface area contributed by atoms with Gasteiger partial charge in [-0.3, -0.25) is 9.79 Å². The third-order valence-corrected chi connectivity index (χ3v) is 11.9. The summed E-state index contributed by atoms with van der Waals surface area (Å²) in [6, 6.07) is 8.67. The number of amidine groups is 1. The highest BCUT2D eigenvalue weighted by molar-refractivity contribution is 6.02. The van der Waals surface area contributed by atoms with Crippen LogP contribution in [0.15, 0.2) is 29.3 Å². The van der Waals surface area contributed by atoms with Crippen molar-refractivity contribution in [1.82, 2.24) is 0 Å². The zero-order valence-electron chi connectivity index (χ0n) is 19.6. The van der Waals surface area contributed by atoms with Gasteiger partial charge in [-0.15, -0.1) is 0 Å². The van der Waals surface area contributed by atoms with E-state index < -0.39 is 11.4 Å². The molecule has 4 atom stereocenters. The number of carbonyl (C=O) groups is 1. The summed E-state index contributed by atoms with van der Waals surface area (Å²) in [6.45, 7) is 0.806. The van der Waals surface area contributed by atoms with Gasteiger partial charge in [0.05, 0.1) is 12.0 Å². The molecule has 33 heavy (non-hydrogen) atoms. The average molecular weight is 445 g/mol. The first-order valence-corrected chi connectivity index (χ1v) is 13.5. The number of anilines is 1. The number of carboxylic acids is 1. The van der Waals surface area contributed by atoms with E-state index in [-0.39, 0.29) is 10.8 Å². The Balaban J connectivity index is 1.20. The molecule has 2 N–H and O–H groups in total. The topological polar surface area (TPSA) is 61.7 Å². The highest BCUT2D eigenvalue weighted by Crippen LogP contribution is 2.78. The highest BCUT2D eigenvalue weighted by Gasteiger charge is 2.71. The number of carboxylic acid groups (broad SMARTS) is 1. The minimum atomic E-state index is -0.477. The van der Waals surface area contributed by atoms with Crippen molar-refractivity contribution in [2.45, 2.75) is 83.6 Å². The van der Waals surface area contributed by atoms with E-state index in [4.69, 9.17) is 4.99 Å². The Labute approximate surface area is 196 Å². The Bertz CT molecular complexity index is 1060. The Morgan fingerprint density at radius 3 is 2.12 bits per heavy atom. The molecule has 1 aromatic carbocycles. The van der Waals surface area contributed by atoms with E-state index in [0.29, 0.717) is 17.3 Å². The van der Waals surface area contributed by atoms with Crippen LogP contribution in [-0.2, 0) is 11.3 Å². The van der Waals surface area contributed by atoms with Crippen molar-refractivity contribution in [2.24, 2.45) is 50.3 Å². The monoisotopic (exact) mass is 444 g/mol. The molecule has 0 aromatic heterocycles. The lowest BCUT2D eigenvalue weighted by molar-refractivity contribution is -0.232. The van der Waals surface area contributed by atoms with E-state index in [2.05, 4.69) is 29.6 Å². The Morgan fingerprint density at radius 1 is 0.848 bits per heavy atom. The van der Waals surface area contributed by atoms with Crippen LogP contribution in [0.2, 0.25) is 0 Å². The number of para-hydroxylation sites is 1. The van der Waals surface area contributed by atoms with Gasteiger partial charge in [0, 0.05) is 11.1 Å². The van der Waals surface area contributed by atoms with E-state index in [9.17, 15) is 9.90 Å². The van der Waals surface area contributed by atoms with Crippen LogP contribution in [-0.4, -0.2) is 16.9 Å². The molecule has 0 amide bonds. The fourth-order valence-electron chi connectivity index (χ4n) is 11.7. The lowest BCUT2D eigenvalue weighted by Gasteiger charge is -2.73. The number of fused-ring (bicyclic) bond motifs is 1. The summed E-state index contributed by atoms with van der Waals surface area (Å²) in [5.74, 6) is 3.72. The van der Waals surface area contributed by atoms with Crippen molar-refractivity contribution >= 4 is 17.5 Å². The molecular weight excluding hydrogens is 408 g/mol. The van der Waals surface area contributed by atoms with Crippen LogP contribution in [0.3, 0.4) is 0 Å². The van der Waals surface area contributed by atoms with Gasteiger partial charge < -0.3 is 10.4 Å². The maximum Gasteiger partial charge on any atom is 0.309 e. The second kappa shape index (κ2) is 6.04. The first-order valence-electron chi connectivity index (χ1n) is 13.5. The zero-order valence-corrected chi connectivity index (χ0v) is 19.6. The van der Waals surface area contributed by atoms with Crippen molar-refractivity contribution in [3.8, 4) is 0 Å². The number of hydrogen-bond donors (Lipinski definition) is 2. The molecule has 8 bridgehead atoms. The second-order valence-electron chi connectivity index (χ2n) is 13.8. The van der Waals surface area contributed by atoms with Crippen LogP contribution in [0.25, 0.3) is 0 Å². The number of nitrogens with zero attached hydrogens (tertiary/aromatic N) is 1. The van der Waals surface area contributed by atoms with E-state index in [1.54, 1.807) is 0 Å². The summed E-state index contributed by atoms with van der Waals surface area (Å²) >= 11 is 0. The lowest BCUT2D eigenvalue weighted by Crippen LogP contribution is -2.66. The molecule has 0 saturated heterocycles. The predicted molar refractivity (Wildman–Crippen MR) is 128 cm³/mol. The van der Waals surface area contributed by atoms with E-state index in [0.717, 1.165) is 37.6 Å². The molecule has 8 saturated carbocycles. The smallest absolute Gasteiger partial charge is 0.309 e. The van der Waals surface area contributed by atoms with Gasteiger partial charge in [0.2, 0.25) is 0 Å². The third-order valence-electron chi connectivity index (χ3n) is 11.9. The first kappa shape index (κ1) is 19.5. The molecule has 10 rings (SSSR count). The summed E-state index contributed by atoms with van der Waals surface area (Å²) in [6.07, 6.45) is 14.8. The summed E-state index contributed by atoms with van der Waals surface area (Å²) < 4.78 is 0. The van der Waals surface area contributed by atoms with E-state index in [1.807, 2.05) is 0 Å². The van der Waals surface area contributed by atoms with E-state index >= 15 is 0 Å². The van der Waals surface area contributed by atoms with Crippen LogP contribution < -0.4 is 5.32 Å². The standard InChI is InChI=1S/C29H36N2O2/c32-25(33)27-9-20-6-21(10-27)14-29(13-20,17-27)28-11-18-5-19(12-28)8-26(7-18,16-28)24-30-15-22-3-1-2-4-23(22)31-24/h1-4,18-21H,5-17H2,(H,30,31)(H,32,33). The second-order valence-corrected chi connectivity index (χ2v) is 13.8. The third kappa shape index (κ3) is 2.43. The Hall–Kier alpha value is -1.84. The number of aliphatic imine (C=N–C) groups is 1. The van der Waals surface area contributed by atoms with Crippen LogP contribution in [0.5, 0.6) is 0 Å². The number of hydrogen-bond acceptors (Lipinski definition) is 3.